The van der Waals surface area contributed by atoms with Gasteiger partial charge >= 0.3 is 5.97 Å². The molecule has 0 rings (SSSR count). The molecule has 0 radical (unpaired) electrons. The van der Waals surface area contributed by atoms with E-state index in [0.717, 1.165) is 6.42 Å². The van der Waals surface area contributed by atoms with Crippen molar-refractivity contribution in [3.05, 3.63) is 0 Å². The molecule has 1 atom stereocenters. The molecule has 0 fully saturated rings. The molecule has 2 N–H and O–H groups in total. The van der Waals surface area contributed by atoms with Crippen LogP contribution in [0.5, 0.6) is 0 Å². The standard InChI is InChI=1S/C12H25NO4/c1-4-17-11(14)12(2,10-13)6-9-16-8-5-7-15-3/h4-10,13H2,1-3H3. The second kappa shape index (κ2) is 9.39. The van der Waals surface area contributed by atoms with Gasteiger partial charge in [-0.2, -0.15) is 0 Å². The van der Waals surface area contributed by atoms with Crippen LogP contribution in [-0.2, 0) is 19.0 Å². The fourth-order valence-electron chi connectivity index (χ4n) is 1.30. The lowest BCUT2D eigenvalue weighted by molar-refractivity contribution is -0.155. The van der Waals surface area contributed by atoms with E-state index in [4.69, 9.17) is 19.9 Å². The minimum atomic E-state index is -0.642. The number of methoxy groups -OCH3 is 1. The van der Waals surface area contributed by atoms with Crippen molar-refractivity contribution in [2.45, 2.75) is 26.7 Å². The van der Waals surface area contributed by atoms with E-state index >= 15 is 0 Å². The van der Waals surface area contributed by atoms with E-state index in [1.165, 1.54) is 0 Å². The third kappa shape index (κ3) is 6.61. The van der Waals surface area contributed by atoms with E-state index < -0.39 is 5.41 Å². The van der Waals surface area contributed by atoms with Crippen molar-refractivity contribution in [3.8, 4) is 0 Å². The fraction of sp³-hybridized carbons (Fsp3) is 0.917. The van der Waals surface area contributed by atoms with Crippen molar-refractivity contribution in [1.29, 1.82) is 0 Å². The maximum Gasteiger partial charge on any atom is 0.313 e. The summed E-state index contributed by atoms with van der Waals surface area (Å²) in [7, 11) is 1.66. The number of carbonyl (C=O) groups excluding carboxylic acids is 1. The zero-order valence-corrected chi connectivity index (χ0v) is 11.2. The molecule has 0 aromatic heterocycles. The van der Waals surface area contributed by atoms with Gasteiger partial charge in [-0.05, 0) is 26.7 Å². The van der Waals surface area contributed by atoms with Crippen molar-refractivity contribution in [1.82, 2.24) is 0 Å². The van der Waals surface area contributed by atoms with Crippen LogP contribution < -0.4 is 5.73 Å². The number of esters is 1. The Kier molecular flexibility index (Phi) is 9.03. The molecule has 0 aromatic rings. The average molecular weight is 247 g/mol. The Labute approximate surface area is 104 Å². The highest BCUT2D eigenvalue weighted by molar-refractivity contribution is 5.76. The molecule has 0 aliphatic rings. The molecule has 0 aliphatic carbocycles. The summed E-state index contributed by atoms with van der Waals surface area (Å²) < 4.78 is 15.3. The molecule has 0 bridgehead atoms. The van der Waals surface area contributed by atoms with Gasteiger partial charge in [-0.25, -0.2) is 0 Å². The second-order valence-corrected chi connectivity index (χ2v) is 4.19. The molecule has 17 heavy (non-hydrogen) atoms. The normalized spacial score (nSPS) is 14.4. The highest BCUT2D eigenvalue weighted by Crippen LogP contribution is 2.21. The summed E-state index contributed by atoms with van der Waals surface area (Å²) in [6, 6.07) is 0. The highest BCUT2D eigenvalue weighted by atomic mass is 16.5. The topological polar surface area (TPSA) is 70.8 Å². The van der Waals surface area contributed by atoms with E-state index in [0.29, 0.717) is 32.8 Å². The van der Waals surface area contributed by atoms with Crippen molar-refractivity contribution < 1.29 is 19.0 Å². The number of rotatable bonds is 10. The molecule has 0 aromatic carbocycles. The fourth-order valence-corrected chi connectivity index (χ4v) is 1.30. The minimum absolute atomic E-state index is 0.247. The summed E-state index contributed by atoms with van der Waals surface area (Å²) in [6.45, 7) is 6.08. The van der Waals surface area contributed by atoms with Crippen LogP contribution in [-0.4, -0.2) is 46.1 Å². The van der Waals surface area contributed by atoms with Gasteiger partial charge in [0.2, 0.25) is 0 Å². The van der Waals surface area contributed by atoms with Gasteiger partial charge in [-0.3, -0.25) is 4.79 Å². The van der Waals surface area contributed by atoms with Gasteiger partial charge in [0.1, 0.15) is 0 Å². The third-order valence-electron chi connectivity index (χ3n) is 2.65. The Morgan fingerprint density at radius 1 is 1.29 bits per heavy atom. The van der Waals surface area contributed by atoms with Crippen LogP contribution in [0.15, 0.2) is 0 Å². The number of carbonyl (C=O) groups is 1. The smallest absolute Gasteiger partial charge is 0.313 e. The van der Waals surface area contributed by atoms with Crippen LogP contribution in [0.3, 0.4) is 0 Å². The largest absolute Gasteiger partial charge is 0.466 e. The first kappa shape index (κ1) is 16.4. The molecular formula is C12H25NO4. The molecule has 5 heteroatoms. The van der Waals surface area contributed by atoms with Gasteiger partial charge in [-0.15, -0.1) is 0 Å². The SMILES string of the molecule is CCOC(=O)C(C)(CN)CCOCCCOC. The van der Waals surface area contributed by atoms with Gasteiger partial charge in [0.25, 0.3) is 0 Å². The molecule has 0 saturated carbocycles. The van der Waals surface area contributed by atoms with Crippen molar-refractivity contribution in [2.24, 2.45) is 11.1 Å². The van der Waals surface area contributed by atoms with Crippen LogP contribution in [0.25, 0.3) is 0 Å². The first-order valence-corrected chi connectivity index (χ1v) is 6.04. The lowest BCUT2D eigenvalue weighted by Crippen LogP contribution is -2.38. The molecule has 0 saturated heterocycles. The van der Waals surface area contributed by atoms with Crippen molar-refractivity contribution in [3.63, 3.8) is 0 Å². The zero-order valence-electron chi connectivity index (χ0n) is 11.2. The Morgan fingerprint density at radius 2 is 2.00 bits per heavy atom. The van der Waals surface area contributed by atoms with E-state index in [-0.39, 0.29) is 12.5 Å². The Hall–Kier alpha value is -0.650. The summed E-state index contributed by atoms with van der Waals surface area (Å²) in [4.78, 5) is 11.7. The first-order chi connectivity index (χ1) is 8.10. The number of nitrogens with two attached hydrogens (primary N) is 1. The molecular weight excluding hydrogens is 222 g/mol. The Morgan fingerprint density at radius 3 is 2.53 bits per heavy atom. The summed E-state index contributed by atoms with van der Waals surface area (Å²) in [6.07, 6.45) is 1.44. The Balaban J connectivity index is 3.83. The van der Waals surface area contributed by atoms with E-state index in [1.54, 1.807) is 14.0 Å². The third-order valence-corrected chi connectivity index (χ3v) is 2.65. The molecule has 1 unspecified atom stereocenters. The molecule has 0 amide bonds. The molecule has 102 valence electrons. The predicted molar refractivity (Wildman–Crippen MR) is 65.7 cm³/mol. The quantitative estimate of drug-likeness (QED) is 0.460. The lowest BCUT2D eigenvalue weighted by atomic mass is 9.87. The summed E-state index contributed by atoms with van der Waals surface area (Å²) in [5.74, 6) is -0.247. The molecule has 0 aliphatic heterocycles. The van der Waals surface area contributed by atoms with E-state index in [9.17, 15) is 4.79 Å². The van der Waals surface area contributed by atoms with Gasteiger partial charge in [0.15, 0.2) is 0 Å². The van der Waals surface area contributed by atoms with Crippen LogP contribution in [0.1, 0.15) is 26.7 Å². The molecule has 5 nitrogen and oxygen atoms in total. The maximum atomic E-state index is 11.7. The number of ether oxygens (including phenoxy) is 3. The number of hydrogen-bond donors (Lipinski definition) is 1. The first-order valence-electron chi connectivity index (χ1n) is 6.04. The summed E-state index contributed by atoms with van der Waals surface area (Å²) in [5.41, 5.74) is 4.98. The van der Waals surface area contributed by atoms with Crippen LogP contribution >= 0.6 is 0 Å². The van der Waals surface area contributed by atoms with Gasteiger partial charge < -0.3 is 19.9 Å². The van der Waals surface area contributed by atoms with Crippen molar-refractivity contribution in [2.75, 3.05) is 40.1 Å². The lowest BCUT2D eigenvalue weighted by Gasteiger charge is -2.25. The van der Waals surface area contributed by atoms with E-state index in [2.05, 4.69) is 0 Å². The van der Waals surface area contributed by atoms with Crippen LogP contribution in [0.4, 0.5) is 0 Å². The van der Waals surface area contributed by atoms with Crippen LogP contribution in [0, 0.1) is 5.41 Å². The van der Waals surface area contributed by atoms with Gasteiger partial charge in [0.05, 0.1) is 12.0 Å². The predicted octanol–water partition coefficient (Wildman–Crippen LogP) is 0.958. The minimum Gasteiger partial charge on any atom is -0.466 e. The zero-order chi connectivity index (χ0) is 13.1. The molecule has 0 spiro atoms. The van der Waals surface area contributed by atoms with Crippen molar-refractivity contribution >= 4 is 5.97 Å². The molecule has 0 heterocycles. The van der Waals surface area contributed by atoms with Gasteiger partial charge in [-0.1, -0.05) is 0 Å². The maximum absolute atomic E-state index is 11.7. The van der Waals surface area contributed by atoms with E-state index in [1.807, 2.05) is 6.92 Å². The summed E-state index contributed by atoms with van der Waals surface area (Å²) in [5, 5.41) is 0. The number of hydrogen-bond acceptors (Lipinski definition) is 5. The van der Waals surface area contributed by atoms with Gasteiger partial charge in [0, 0.05) is 33.5 Å². The average Bonchev–Trinajstić information content (AvgIpc) is 2.33. The monoisotopic (exact) mass is 247 g/mol. The Bertz CT molecular complexity index is 211. The van der Waals surface area contributed by atoms with Crippen LogP contribution in [0.2, 0.25) is 0 Å². The summed E-state index contributed by atoms with van der Waals surface area (Å²) >= 11 is 0. The second-order valence-electron chi connectivity index (χ2n) is 4.19. The highest BCUT2D eigenvalue weighted by Gasteiger charge is 2.32.